The highest BCUT2D eigenvalue weighted by atomic mass is 16.6. The van der Waals surface area contributed by atoms with Crippen molar-refractivity contribution in [2.75, 3.05) is 33.9 Å². The second-order valence-electron chi connectivity index (χ2n) is 18.4. The summed E-state index contributed by atoms with van der Waals surface area (Å²) >= 11 is 0. The number of ether oxygens (including phenoxy) is 3. The van der Waals surface area contributed by atoms with Crippen LogP contribution in [0.3, 0.4) is 0 Å². The normalized spacial score (nSPS) is 51.0. The number of carbonyl (C=O) groups is 1. The molecule has 2 aliphatic heterocycles. The van der Waals surface area contributed by atoms with Crippen molar-refractivity contribution in [1.82, 2.24) is 9.80 Å². The number of hydrogen-bond acceptors (Lipinski definition) is 6. The van der Waals surface area contributed by atoms with Gasteiger partial charge in [-0.2, -0.15) is 0 Å². The first-order chi connectivity index (χ1) is 20.6. The lowest BCUT2D eigenvalue weighted by Gasteiger charge is -2.63. The molecule has 5 aliphatic carbocycles. The monoisotopic (exact) mass is 614 g/mol. The SMILES string of the molecule is CC(C)C(OC(=O)N1CCC1)C1CC(C)C2C(O1)C(O)C1(C)C3CCC4C(C)(C)C(OCN(C)C)CCC45CC35CCC21C. The van der Waals surface area contributed by atoms with Crippen molar-refractivity contribution >= 4 is 6.09 Å². The summed E-state index contributed by atoms with van der Waals surface area (Å²) in [5, 5.41) is 12.6. The third-order valence-corrected chi connectivity index (χ3v) is 15.7. The van der Waals surface area contributed by atoms with Crippen LogP contribution in [0.25, 0.3) is 0 Å². The number of likely N-dealkylation sites (tertiary alicyclic amines) is 1. The van der Waals surface area contributed by atoms with Gasteiger partial charge in [-0.1, -0.05) is 48.5 Å². The van der Waals surface area contributed by atoms with Gasteiger partial charge in [-0.15, -0.1) is 0 Å². The van der Waals surface area contributed by atoms with Crippen LogP contribution in [0.4, 0.5) is 4.79 Å². The summed E-state index contributed by atoms with van der Waals surface area (Å²) < 4.78 is 19.7. The summed E-state index contributed by atoms with van der Waals surface area (Å²) in [6, 6.07) is 0. The Labute approximate surface area is 267 Å². The van der Waals surface area contributed by atoms with Crippen molar-refractivity contribution < 1.29 is 24.1 Å². The quantitative estimate of drug-likeness (QED) is 0.341. The molecule has 7 heteroatoms. The molecule has 1 amide bonds. The fourth-order valence-corrected chi connectivity index (χ4v) is 13.4. The smallest absolute Gasteiger partial charge is 0.410 e. The maximum absolute atomic E-state index is 12.9. The molecule has 2 heterocycles. The number of nitrogens with zero attached hydrogens (tertiary/aromatic N) is 2. The molecule has 13 unspecified atom stereocenters. The van der Waals surface area contributed by atoms with E-state index in [-0.39, 0.29) is 46.6 Å². The van der Waals surface area contributed by atoms with Crippen LogP contribution in [-0.4, -0.2) is 85.4 Å². The van der Waals surface area contributed by atoms with Crippen molar-refractivity contribution in [2.45, 2.75) is 137 Å². The highest BCUT2D eigenvalue weighted by Gasteiger charge is 2.84. The van der Waals surface area contributed by atoms with Gasteiger partial charge in [0.1, 0.15) is 6.10 Å². The van der Waals surface area contributed by atoms with E-state index in [1.54, 1.807) is 4.90 Å². The van der Waals surface area contributed by atoms with E-state index in [1.165, 1.54) is 38.5 Å². The van der Waals surface area contributed by atoms with Crippen molar-refractivity contribution in [3.05, 3.63) is 0 Å². The van der Waals surface area contributed by atoms with E-state index in [2.05, 4.69) is 67.5 Å². The number of aliphatic hydroxyl groups excluding tert-OH is 1. The number of rotatable bonds is 6. The molecular formula is C37H62N2O5. The number of amides is 1. The molecule has 0 aromatic heterocycles. The Morgan fingerprint density at radius 3 is 2.34 bits per heavy atom. The van der Waals surface area contributed by atoms with Crippen LogP contribution < -0.4 is 0 Å². The van der Waals surface area contributed by atoms with E-state index in [4.69, 9.17) is 14.2 Å². The minimum Gasteiger partial charge on any atom is -0.443 e. The van der Waals surface area contributed by atoms with E-state index in [9.17, 15) is 9.90 Å². The molecule has 13 atom stereocenters. The molecule has 5 saturated carbocycles. The zero-order valence-corrected chi connectivity index (χ0v) is 29.2. The first kappa shape index (κ1) is 31.7. The van der Waals surface area contributed by atoms with Crippen LogP contribution in [0.5, 0.6) is 0 Å². The third-order valence-electron chi connectivity index (χ3n) is 15.7. The maximum Gasteiger partial charge on any atom is 0.410 e. The van der Waals surface area contributed by atoms with Crippen molar-refractivity contribution in [2.24, 2.45) is 56.7 Å². The Bertz CT molecular complexity index is 1140. The third kappa shape index (κ3) is 4.03. The van der Waals surface area contributed by atoms with E-state index in [0.29, 0.717) is 47.3 Å². The molecule has 0 aromatic rings. The first-order valence-corrected chi connectivity index (χ1v) is 18.2. The summed E-state index contributed by atoms with van der Waals surface area (Å²) in [6.45, 7) is 18.9. The summed E-state index contributed by atoms with van der Waals surface area (Å²) in [4.78, 5) is 16.8. The second kappa shape index (κ2) is 10.3. The van der Waals surface area contributed by atoms with E-state index < -0.39 is 6.10 Å². The van der Waals surface area contributed by atoms with Gasteiger partial charge in [0.05, 0.1) is 31.1 Å². The topological polar surface area (TPSA) is 71.5 Å². The second-order valence-corrected chi connectivity index (χ2v) is 18.4. The number of aliphatic hydroxyl groups is 1. The summed E-state index contributed by atoms with van der Waals surface area (Å²) in [5.41, 5.74) is 0.770. The van der Waals surface area contributed by atoms with Crippen LogP contribution in [0.1, 0.15) is 106 Å². The van der Waals surface area contributed by atoms with Crippen LogP contribution >= 0.6 is 0 Å². The Kier molecular flexibility index (Phi) is 7.42. The molecule has 2 saturated heterocycles. The summed E-state index contributed by atoms with van der Waals surface area (Å²) in [5.74, 6) is 2.11. The van der Waals surface area contributed by atoms with Gasteiger partial charge in [0.25, 0.3) is 0 Å². The zero-order valence-electron chi connectivity index (χ0n) is 29.2. The van der Waals surface area contributed by atoms with Gasteiger partial charge in [-0.3, -0.25) is 4.90 Å². The van der Waals surface area contributed by atoms with Crippen molar-refractivity contribution in [1.29, 1.82) is 0 Å². The average Bonchev–Trinajstić information content (AvgIpc) is 3.54. The fraction of sp³-hybridized carbons (Fsp3) is 0.973. The van der Waals surface area contributed by atoms with E-state index >= 15 is 0 Å². The van der Waals surface area contributed by atoms with E-state index in [0.717, 1.165) is 32.4 Å². The Hall–Kier alpha value is -0.890. The predicted octanol–water partition coefficient (Wildman–Crippen LogP) is 6.57. The average molecular weight is 615 g/mol. The Morgan fingerprint density at radius 2 is 1.70 bits per heavy atom. The van der Waals surface area contributed by atoms with Gasteiger partial charge in [-0.25, -0.2) is 4.79 Å². The minimum absolute atomic E-state index is 0.0389. The van der Waals surface area contributed by atoms with E-state index in [1.807, 2.05) is 0 Å². The summed E-state index contributed by atoms with van der Waals surface area (Å²) in [7, 11) is 4.19. The molecule has 250 valence electrons. The van der Waals surface area contributed by atoms with Crippen LogP contribution in [-0.2, 0) is 14.2 Å². The zero-order chi connectivity index (χ0) is 31.6. The molecule has 7 rings (SSSR count). The van der Waals surface area contributed by atoms with Crippen molar-refractivity contribution in [3.63, 3.8) is 0 Å². The minimum atomic E-state index is -0.495. The molecule has 0 radical (unpaired) electrons. The molecule has 7 nitrogen and oxygen atoms in total. The maximum atomic E-state index is 12.9. The van der Waals surface area contributed by atoms with Gasteiger partial charge < -0.3 is 24.2 Å². The summed E-state index contributed by atoms with van der Waals surface area (Å²) in [6.07, 6.45) is 9.61. The Morgan fingerprint density at radius 1 is 1.02 bits per heavy atom. The lowest BCUT2D eigenvalue weighted by atomic mass is 9.41. The van der Waals surface area contributed by atoms with Crippen LogP contribution in [0, 0.1) is 56.7 Å². The molecule has 0 aromatic carbocycles. The number of hydrogen-bond donors (Lipinski definition) is 1. The van der Waals surface area contributed by atoms with Gasteiger partial charge in [-0.05, 0) is 123 Å². The number of fused-ring (bicyclic) bond motifs is 4. The fourth-order valence-electron chi connectivity index (χ4n) is 13.4. The molecular weight excluding hydrogens is 552 g/mol. The lowest BCUT2D eigenvalue weighted by molar-refractivity contribution is -0.193. The lowest BCUT2D eigenvalue weighted by Crippen LogP contribution is -2.60. The van der Waals surface area contributed by atoms with Crippen molar-refractivity contribution in [3.8, 4) is 0 Å². The molecule has 7 aliphatic rings. The Balaban J connectivity index is 1.15. The van der Waals surface area contributed by atoms with Crippen LogP contribution in [0.2, 0.25) is 0 Å². The van der Waals surface area contributed by atoms with Gasteiger partial charge >= 0.3 is 6.09 Å². The largest absolute Gasteiger partial charge is 0.443 e. The molecule has 0 bridgehead atoms. The molecule has 2 spiro atoms. The first-order valence-electron chi connectivity index (χ1n) is 18.2. The highest BCUT2D eigenvalue weighted by molar-refractivity contribution is 5.68. The predicted molar refractivity (Wildman–Crippen MR) is 171 cm³/mol. The van der Waals surface area contributed by atoms with Gasteiger partial charge in [0.15, 0.2) is 0 Å². The van der Waals surface area contributed by atoms with Crippen LogP contribution in [0.15, 0.2) is 0 Å². The molecule has 1 N–H and O–H groups in total. The van der Waals surface area contributed by atoms with Gasteiger partial charge in [0, 0.05) is 18.5 Å². The molecule has 44 heavy (non-hydrogen) atoms. The van der Waals surface area contributed by atoms with Gasteiger partial charge in [0.2, 0.25) is 0 Å². The highest BCUT2D eigenvalue weighted by Crippen LogP contribution is 2.89. The standard InChI is InChI=1S/C37H62N2O5/c1-22(2)29(44-32(41)39-17-10-18-39)24-19-23(3)28-30(43-24)31(40)35(7)26-12-11-25-33(4,5)27(42-21-38(8)9)13-14-36(25)20-37(26,36)16-15-34(28,35)6/h22-31,40H,10-21H2,1-9H3. The number of carbonyl (C=O) groups excluding carboxylic acids is 1. The molecule has 7 fully saturated rings.